The summed E-state index contributed by atoms with van der Waals surface area (Å²) in [5.74, 6) is -2.56. The third kappa shape index (κ3) is 6.17. The van der Waals surface area contributed by atoms with Gasteiger partial charge < -0.3 is 10.1 Å². The summed E-state index contributed by atoms with van der Waals surface area (Å²) < 4.78 is 73.9. The molecule has 2 N–H and O–H groups in total. The van der Waals surface area contributed by atoms with E-state index < -0.39 is 35.0 Å². The number of hydrogen-bond donors (Lipinski definition) is 2. The summed E-state index contributed by atoms with van der Waals surface area (Å²) in [6.07, 6.45) is -4.14. The van der Waals surface area contributed by atoms with Gasteiger partial charge in [0.15, 0.2) is 17.3 Å². The molecule has 2 heterocycles. The Hall–Kier alpha value is -4.26. The van der Waals surface area contributed by atoms with E-state index in [4.69, 9.17) is 16.3 Å². The molecule has 1 amide bonds. The molecule has 38 heavy (non-hydrogen) atoms. The van der Waals surface area contributed by atoms with E-state index in [1.165, 1.54) is 38.4 Å². The Labute approximate surface area is 217 Å². The number of nitrogens with one attached hydrogen (secondary N) is 2. The number of carbonyl (C=O) groups excluding carboxylic acids is 1. The van der Waals surface area contributed by atoms with E-state index >= 15 is 0 Å². The van der Waals surface area contributed by atoms with Gasteiger partial charge in [-0.25, -0.2) is 13.8 Å². The molecule has 0 spiro atoms. The van der Waals surface area contributed by atoms with Gasteiger partial charge in [-0.05, 0) is 42.5 Å². The third-order valence-corrected chi connectivity index (χ3v) is 5.37. The second-order valence-electron chi connectivity index (χ2n) is 8.01. The molecule has 8 nitrogen and oxygen atoms in total. The first kappa shape index (κ1) is 26.8. The topological polar surface area (TPSA) is 97.2 Å². The number of aromatic nitrogens is 4. The van der Waals surface area contributed by atoms with Gasteiger partial charge in [-0.15, -0.1) is 0 Å². The van der Waals surface area contributed by atoms with E-state index in [0.717, 1.165) is 23.0 Å². The highest BCUT2D eigenvalue weighted by molar-refractivity contribution is 6.30. The molecule has 0 unspecified atom stereocenters. The van der Waals surface area contributed by atoms with E-state index in [-0.39, 0.29) is 28.7 Å². The minimum atomic E-state index is -4.88. The monoisotopic (exact) mass is 552 g/mol. The van der Waals surface area contributed by atoms with Crippen LogP contribution in [0.4, 0.5) is 27.6 Å². The van der Waals surface area contributed by atoms with Crippen molar-refractivity contribution in [2.24, 2.45) is 12.0 Å². The number of aromatic amines is 1. The van der Waals surface area contributed by atoms with Crippen LogP contribution in [0.1, 0.15) is 21.7 Å². The number of amides is 1. The first-order valence-electron chi connectivity index (χ1n) is 10.8. The average molecular weight is 553 g/mol. The van der Waals surface area contributed by atoms with E-state index in [9.17, 15) is 26.7 Å². The molecule has 0 saturated carbocycles. The van der Waals surface area contributed by atoms with Gasteiger partial charge >= 0.3 is 6.18 Å². The predicted molar refractivity (Wildman–Crippen MR) is 128 cm³/mol. The molecule has 0 aliphatic rings. The first-order valence-corrected chi connectivity index (χ1v) is 11.1. The Morgan fingerprint density at radius 3 is 2.61 bits per heavy atom. The van der Waals surface area contributed by atoms with Gasteiger partial charge in [0.05, 0.1) is 24.1 Å². The minimum absolute atomic E-state index is 0.00416. The molecule has 2 aromatic carbocycles. The van der Waals surface area contributed by atoms with Crippen LogP contribution in [0.3, 0.4) is 0 Å². The van der Waals surface area contributed by atoms with Gasteiger partial charge in [0.2, 0.25) is 0 Å². The van der Waals surface area contributed by atoms with Gasteiger partial charge in [0, 0.05) is 35.9 Å². The quantitative estimate of drug-likeness (QED) is 0.188. The van der Waals surface area contributed by atoms with Crippen molar-refractivity contribution in [1.82, 2.24) is 25.3 Å². The van der Waals surface area contributed by atoms with Crippen molar-refractivity contribution in [1.29, 1.82) is 0 Å². The Kier molecular flexibility index (Phi) is 7.49. The van der Waals surface area contributed by atoms with Crippen LogP contribution in [-0.4, -0.2) is 38.8 Å². The van der Waals surface area contributed by atoms with Crippen LogP contribution in [0, 0.1) is 11.6 Å². The average Bonchev–Trinajstić information content (AvgIpc) is 3.45. The van der Waals surface area contributed by atoms with Crippen molar-refractivity contribution in [3.05, 3.63) is 82.3 Å². The Balaban J connectivity index is 1.67. The second kappa shape index (κ2) is 10.6. The lowest BCUT2D eigenvalue weighted by molar-refractivity contribution is -0.141. The number of methoxy groups -OCH3 is 1. The number of H-pyrrole nitrogens is 1. The molecule has 0 atom stereocenters. The van der Waals surface area contributed by atoms with Crippen LogP contribution in [0.15, 0.2) is 53.7 Å². The molecule has 0 radical (unpaired) electrons. The molecule has 4 rings (SSSR count). The molecular formula is C24H18ClF5N6O2. The Morgan fingerprint density at radius 2 is 1.95 bits per heavy atom. The predicted octanol–water partition coefficient (Wildman–Crippen LogP) is 5.47. The maximum atomic E-state index is 14.1. The van der Waals surface area contributed by atoms with Gasteiger partial charge in [0.1, 0.15) is 11.7 Å². The van der Waals surface area contributed by atoms with Gasteiger partial charge in [0.25, 0.3) is 5.91 Å². The number of rotatable bonds is 6. The largest absolute Gasteiger partial charge is 0.494 e. The summed E-state index contributed by atoms with van der Waals surface area (Å²) in [5.41, 5.74) is -0.993. The number of amidine groups is 1. The smallest absolute Gasteiger partial charge is 0.435 e. The summed E-state index contributed by atoms with van der Waals surface area (Å²) in [7, 11) is 2.57. The fourth-order valence-corrected chi connectivity index (χ4v) is 3.76. The maximum absolute atomic E-state index is 14.1. The van der Waals surface area contributed by atoms with Crippen molar-refractivity contribution < 1.29 is 31.5 Å². The number of halogens is 6. The van der Waals surface area contributed by atoms with Crippen molar-refractivity contribution in [3.8, 4) is 17.0 Å². The number of aliphatic imine (C=N–C) groups is 1. The van der Waals surface area contributed by atoms with E-state index in [1.54, 1.807) is 6.07 Å². The highest BCUT2D eigenvalue weighted by atomic mass is 35.5. The van der Waals surface area contributed by atoms with Crippen LogP contribution in [-0.2, 0) is 19.6 Å². The molecule has 4 aromatic rings. The summed E-state index contributed by atoms with van der Waals surface area (Å²) in [4.78, 5) is 17.0. The van der Waals surface area contributed by atoms with Crippen molar-refractivity contribution >= 4 is 29.0 Å². The normalized spacial score (nSPS) is 12.1. The molecule has 14 heteroatoms. The SMILES string of the molecule is COc1ccc(-c2cc(CC(=Nc3cc(F)cc(Cl)c3)NC(=O)c3cn(C)nc3C(F)(F)F)[nH]n2)cc1F. The fourth-order valence-electron chi connectivity index (χ4n) is 3.54. The second-order valence-corrected chi connectivity index (χ2v) is 8.44. The Bertz CT molecular complexity index is 1510. The van der Waals surface area contributed by atoms with Crippen molar-refractivity contribution in [2.45, 2.75) is 12.6 Å². The molecule has 0 aliphatic carbocycles. The fraction of sp³-hybridized carbons (Fsp3) is 0.167. The zero-order valence-corrected chi connectivity index (χ0v) is 20.5. The van der Waals surface area contributed by atoms with Gasteiger partial charge in [-0.1, -0.05) is 11.6 Å². The number of aryl methyl sites for hydroxylation is 1. The zero-order valence-electron chi connectivity index (χ0n) is 19.7. The zero-order chi connectivity index (χ0) is 27.6. The summed E-state index contributed by atoms with van der Waals surface area (Å²) in [5, 5.41) is 12.5. The molecule has 0 aliphatic heterocycles. The lowest BCUT2D eigenvalue weighted by Crippen LogP contribution is -2.33. The highest BCUT2D eigenvalue weighted by Gasteiger charge is 2.39. The summed E-state index contributed by atoms with van der Waals surface area (Å²) >= 11 is 5.89. The minimum Gasteiger partial charge on any atom is -0.494 e. The van der Waals surface area contributed by atoms with Crippen LogP contribution >= 0.6 is 11.6 Å². The molecule has 2 aromatic heterocycles. The van der Waals surface area contributed by atoms with Crippen LogP contribution in [0.25, 0.3) is 11.3 Å². The van der Waals surface area contributed by atoms with E-state index in [1.807, 2.05) is 0 Å². The van der Waals surface area contributed by atoms with Gasteiger partial charge in [-0.2, -0.15) is 23.4 Å². The van der Waals surface area contributed by atoms with Crippen LogP contribution in [0.2, 0.25) is 5.02 Å². The molecule has 0 fully saturated rings. The number of benzene rings is 2. The number of nitrogens with zero attached hydrogens (tertiary/aromatic N) is 4. The van der Waals surface area contributed by atoms with E-state index in [0.29, 0.717) is 17.0 Å². The third-order valence-electron chi connectivity index (χ3n) is 5.15. The standard InChI is InChI=1S/C24H18ClF5N6O2/c1-36-11-17(22(35-36)24(28,29)30)23(37)32-21(31-15-7-13(25)6-14(26)8-15)10-16-9-19(34-33-16)12-3-4-20(38-2)18(27)5-12/h3-9,11H,10H2,1-2H3,(H,33,34)(H,31,32,37). The maximum Gasteiger partial charge on any atom is 0.435 e. The number of hydrogen-bond acceptors (Lipinski definition) is 5. The van der Waals surface area contributed by atoms with Crippen LogP contribution < -0.4 is 10.1 Å². The molecular weight excluding hydrogens is 535 g/mol. The first-order chi connectivity index (χ1) is 17.9. The van der Waals surface area contributed by atoms with Crippen molar-refractivity contribution in [2.75, 3.05) is 7.11 Å². The lowest BCUT2D eigenvalue weighted by atomic mass is 10.1. The number of ether oxygens (including phenoxy) is 1. The van der Waals surface area contributed by atoms with Crippen LogP contribution in [0.5, 0.6) is 5.75 Å². The Morgan fingerprint density at radius 1 is 1.18 bits per heavy atom. The molecule has 0 saturated heterocycles. The van der Waals surface area contributed by atoms with E-state index in [2.05, 4.69) is 25.6 Å². The number of carbonyl (C=O) groups is 1. The summed E-state index contributed by atoms with van der Waals surface area (Å²) in [6, 6.07) is 9.13. The van der Waals surface area contributed by atoms with Gasteiger partial charge in [-0.3, -0.25) is 14.6 Å². The van der Waals surface area contributed by atoms with Crippen molar-refractivity contribution in [3.63, 3.8) is 0 Å². The molecule has 198 valence electrons. The summed E-state index contributed by atoms with van der Waals surface area (Å²) in [6.45, 7) is 0. The highest BCUT2D eigenvalue weighted by Crippen LogP contribution is 2.31. The molecule has 0 bridgehead atoms. The lowest BCUT2D eigenvalue weighted by Gasteiger charge is -2.10. The number of alkyl halides is 3.